The summed E-state index contributed by atoms with van der Waals surface area (Å²) in [5, 5.41) is 1.97. The number of fused-ring (bicyclic) bond motifs is 1. The Morgan fingerprint density at radius 2 is 2.04 bits per heavy atom. The van der Waals surface area contributed by atoms with Crippen molar-refractivity contribution in [1.82, 2.24) is 9.88 Å². The van der Waals surface area contributed by atoms with Gasteiger partial charge in [0.05, 0.1) is 11.2 Å². The van der Waals surface area contributed by atoms with Gasteiger partial charge in [-0.25, -0.2) is 4.98 Å². The zero-order chi connectivity index (χ0) is 16.7. The summed E-state index contributed by atoms with van der Waals surface area (Å²) in [6.45, 7) is 2.39. The molecule has 1 aromatic carbocycles. The summed E-state index contributed by atoms with van der Waals surface area (Å²) in [5.41, 5.74) is 2.77. The number of aromatic nitrogens is 1. The van der Waals surface area contributed by atoms with Gasteiger partial charge < -0.3 is 4.90 Å². The average molecular weight is 362 g/mol. The fourth-order valence-corrected chi connectivity index (χ4v) is 5.52. The van der Waals surface area contributed by atoms with E-state index in [4.69, 9.17) is 16.6 Å². The molecule has 1 unspecified atom stereocenters. The van der Waals surface area contributed by atoms with Gasteiger partial charge in [-0.1, -0.05) is 23.7 Å². The molecule has 3 nitrogen and oxygen atoms in total. The number of rotatable bonds is 3. The minimum Gasteiger partial charge on any atom is -0.354 e. The lowest BCUT2D eigenvalue weighted by atomic mass is 9.76. The molecule has 0 bridgehead atoms. The van der Waals surface area contributed by atoms with E-state index >= 15 is 0 Å². The average Bonchev–Trinajstić information content (AvgIpc) is 3.23. The van der Waals surface area contributed by atoms with Crippen LogP contribution in [0.25, 0.3) is 0 Å². The molecule has 0 amide bonds. The van der Waals surface area contributed by atoms with Crippen LogP contribution in [0, 0.1) is 0 Å². The first-order valence-corrected chi connectivity index (χ1v) is 9.95. The Balaban J connectivity index is 1.77. The van der Waals surface area contributed by atoms with E-state index in [2.05, 4.69) is 42.1 Å². The molecule has 128 valence electrons. The monoisotopic (exact) mass is 361 g/mol. The molecule has 1 fully saturated rings. The van der Waals surface area contributed by atoms with Crippen molar-refractivity contribution in [2.75, 3.05) is 32.1 Å². The van der Waals surface area contributed by atoms with Crippen LogP contribution >= 0.6 is 22.9 Å². The third kappa shape index (κ3) is 2.75. The molecule has 1 aromatic heterocycles. The topological polar surface area (TPSA) is 19.4 Å². The van der Waals surface area contributed by atoms with Crippen LogP contribution < -0.4 is 4.90 Å². The van der Waals surface area contributed by atoms with Crippen LogP contribution in [-0.2, 0) is 18.4 Å². The van der Waals surface area contributed by atoms with Crippen molar-refractivity contribution in [3.8, 4) is 0 Å². The Hall–Kier alpha value is -1.10. The maximum Gasteiger partial charge on any atom is 0.185 e. The van der Waals surface area contributed by atoms with Crippen LogP contribution in [0.3, 0.4) is 0 Å². The first-order chi connectivity index (χ1) is 11.6. The highest BCUT2D eigenvalue weighted by Gasteiger charge is 2.43. The second-order valence-corrected chi connectivity index (χ2v) is 8.67. The van der Waals surface area contributed by atoms with Crippen molar-refractivity contribution in [2.24, 2.45) is 0 Å². The number of thiazole rings is 1. The third-order valence-electron chi connectivity index (χ3n) is 5.45. The second kappa shape index (κ2) is 6.32. The van der Waals surface area contributed by atoms with E-state index in [1.54, 1.807) is 0 Å². The normalized spacial score (nSPS) is 24.1. The molecule has 1 aliphatic carbocycles. The summed E-state index contributed by atoms with van der Waals surface area (Å²) in [5.74, 6) is 0. The van der Waals surface area contributed by atoms with E-state index in [1.165, 1.54) is 42.1 Å². The molecule has 2 aromatic rings. The van der Waals surface area contributed by atoms with Gasteiger partial charge in [-0.15, -0.1) is 11.3 Å². The van der Waals surface area contributed by atoms with Gasteiger partial charge in [0.25, 0.3) is 0 Å². The number of halogens is 1. The highest BCUT2D eigenvalue weighted by Crippen LogP contribution is 2.45. The molecule has 2 heterocycles. The predicted molar refractivity (Wildman–Crippen MR) is 102 cm³/mol. The van der Waals surface area contributed by atoms with E-state index < -0.39 is 0 Å². The molecule has 2 aliphatic rings. The Bertz CT molecular complexity index is 736. The van der Waals surface area contributed by atoms with Gasteiger partial charge in [-0.05, 0) is 56.5 Å². The van der Waals surface area contributed by atoms with Crippen molar-refractivity contribution in [3.63, 3.8) is 0 Å². The number of hydrogen-bond acceptors (Lipinski definition) is 4. The number of nitrogens with zero attached hydrogens (tertiary/aromatic N) is 3. The molecular weight excluding hydrogens is 338 g/mol. The summed E-state index contributed by atoms with van der Waals surface area (Å²) >= 11 is 8.20. The summed E-state index contributed by atoms with van der Waals surface area (Å²) < 4.78 is 0. The number of benzene rings is 1. The van der Waals surface area contributed by atoms with Crippen molar-refractivity contribution in [1.29, 1.82) is 0 Å². The first-order valence-electron chi connectivity index (χ1n) is 8.75. The highest BCUT2D eigenvalue weighted by atomic mass is 35.5. The zero-order valence-corrected chi connectivity index (χ0v) is 16.0. The molecule has 0 N–H and O–H groups in total. The van der Waals surface area contributed by atoms with Crippen LogP contribution in [0.5, 0.6) is 0 Å². The van der Waals surface area contributed by atoms with E-state index in [9.17, 15) is 0 Å². The van der Waals surface area contributed by atoms with Gasteiger partial charge in [0.15, 0.2) is 5.13 Å². The van der Waals surface area contributed by atoms with Crippen molar-refractivity contribution >= 4 is 28.1 Å². The summed E-state index contributed by atoms with van der Waals surface area (Å²) in [7, 11) is 4.16. The molecule has 1 saturated heterocycles. The highest BCUT2D eigenvalue weighted by molar-refractivity contribution is 7.15. The summed E-state index contributed by atoms with van der Waals surface area (Å²) in [6.07, 6.45) is 5.87. The number of likely N-dealkylation sites (tertiary alicyclic amines) is 1. The maximum absolute atomic E-state index is 6.34. The van der Waals surface area contributed by atoms with Crippen LogP contribution in [0.1, 0.15) is 35.4 Å². The molecule has 5 heteroatoms. The first kappa shape index (κ1) is 16.4. The lowest BCUT2D eigenvalue weighted by Gasteiger charge is -2.45. The third-order valence-corrected chi connectivity index (χ3v) is 6.95. The Labute approximate surface area is 153 Å². The van der Waals surface area contributed by atoms with Gasteiger partial charge in [0.2, 0.25) is 0 Å². The van der Waals surface area contributed by atoms with E-state index in [0.29, 0.717) is 0 Å². The van der Waals surface area contributed by atoms with Gasteiger partial charge in [0, 0.05) is 30.4 Å². The molecule has 0 spiro atoms. The summed E-state index contributed by atoms with van der Waals surface area (Å²) in [6, 6.07) is 8.53. The van der Waals surface area contributed by atoms with E-state index in [-0.39, 0.29) is 5.54 Å². The van der Waals surface area contributed by atoms with Crippen molar-refractivity contribution in [3.05, 3.63) is 45.4 Å². The van der Waals surface area contributed by atoms with Gasteiger partial charge in [-0.2, -0.15) is 0 Å². The molecule has 0 saturated carbocycles. The fraction of sp³-hybridized carbons (Fsp3) is 0.526. The Morgan fingerprint density at radius 1 is 1.25 bits per heavy atom. The minimum atomic E-state index is 0.0878. The molecule has 0 radical (unpaired) electrons. The van der Waals surface area contributed by atoms with Gasteiger partial charge >= 0.3 is 0 Å². The standard InChI is InChI=1S/C19H24ClN3S/c1-22(2)18-21-16-8-9-19(13-17(16)24-18,23-10-3-4-11-23)14-6-5-7-15(20)12-14/h5-7,12H,3-4,8-11,13H2,1-2H3. The Kier molecular flexibility index (Phi) is 4.31. The lowest BCUT2D eigenvalue weighted by molar-refractivity contribution is 0.0977. The van der Waals surface area contributed by atoms with E-state index in [1.807, 2.05) is 17.4 Å². The van der Waals surface area contributed by atoms with Crippen LogP contribution in [0.15, 0.2) is 24.3 Å². The number of aryl methyl sites for hydroxylation is 1. The summed E-state index contributed by atoms with van der Waals surface area (Å²) in [4.78, 5) is 11.1. The molecular formula is C19H24ClN3S. The van der Waals surface area contributed by atoms with Crippen molar-refractivity contribution < 1.29 is 0 Å². The van der Waals surface area contributed by atoms with Gasteiger partial charge in [-0.3, -0.25) is 4.90 Å². The number of hydrogen-bond donors (Lipinski definition) is 0. The maximum atomic E-state index is 6.34. The quantitative estimate of drug-likeness (QED) is 0.810. The molecule has 1 aliphatic heterocycles. The predicted octanol–water partition coefficient (Wildman–Crippen LogP) is 4.34. The van der Waals surface area contributed by atoms with Gasteiger partial charge in [0.1, 0.15) is 0 Å². The minimum absolute atomic E-state index is 0.0878. The number of anilines is 1. The van der Waals surface area contributed by atoms with E-state index in [0.717, 1.165) is 29.4 Å². The fourth-order valence-electron chi connectivity index (χ4n) is 4.20. The lowest BCUT2D eigenvalue weighted by Crippen LogP contribution is -2.48. The largest absolute Gasteiger partial charge is 0.354 e. The van der Waals surface area contributed by atoms with Crippen LogP contribution in [0.2, 0.25) is 5.02 Å². The van der Waals surface area contributed by atoms with Crippen molar-refractivity contribution in [2.45, 2.75) is 37.6 Å². The molecule has 1 atom stereocenters. The van der Waals surface area contributed by atoms with Crippen LogP contribution in [0.4, 0.5) is 5.13 Å². The smallest absolute Gasteiger partial charge is 0.185 e. The second-order valence-electron chi connectivity index (χ2n) is 7.17. The zero-order valence-electron chi connectivity index (χ0n) is 14.4. The van der Waals surface area contributed by atoms with Crippen LogP contribution in [-0.4, -0.2) is 37.1 Å². The molecule has 4 rings (SSSR count). The Morgan fingerprint density at radius 3 is 2.75 bits per heavy atom. The molecule has 24 heavy (non-hydrogen) atoms. The SMILES string of the molecule is CN(C)c1nc2c(s1)CC(c1cccc(Cl)c1)(N1CCCC1)CC2.